The standard InChI is InChI=1S/2C5H2F8/c6-1-2(7)4(10,11)5(12,13)3(8)9;1-2(6)3(7,8)4(9,10)5(11,12)13/h1,3H;1H2. The molecule has 0 aliphatic rings. The van der Waals surface area contributed by atoms with Gasteiger partial charge in [0.2, 0.25) is 5.83 Å². The van der Waals surface area contributed by atoms with E-state index in [1.165, 1.54) is 0 Å². The minimum absolute atomic E-state index is 1.49. The number of hydrogen-bond acceptors (Lipinski definition) is 0. The Balaban J connectivity index is 0. The molecular weight excluding hydrogens is 424 g/mol. The van der Waals surface area contributed by atoms with Crippen molar-refractivity contribution in [2.45, 2.75) is 36.3 Å². The van der Waals surface area contributed by atoms with E-state index < -0.39 is 54.3 Å². The number of alkyl halides is 13. The average molecular weight is 428 g/mol. The van der Waals surface area contributed by atoms with Gasteiger partial charge in [0.25, 0.3) is 0 Å². The zero-order chi connectivity index (χ0) is 21.9. The summed E-state index contributed by atoms with van der Waals surface area (Å²) in [6.07, 6.45) is -12.8. The molecule has 0 radical (unpaired) electrons. The molecule has 0 aliphatic carbocycles. The first kappa shape index (κ1) is 26.6. The Morgan fingerprint density at radius 2 is 1.08 bits per heavy atom. The number of hydrogen-bond donors (Lipinski definition) is 0. The number of rotatable bonds is 5. The summed E-state index contributed by atoms with van der Waals surface area (Å²) in [6.45, 7) is 1.71. The van der Waals surface area contributed by atoms with E-state index in [2.05, 4.69) is 0 Å². The Morgan fingerprint density at radius 3 is 1.23 bits per heavy atom. The van der Waals surface area contributed by atoms with Crippen molar-refractivity contribution in [1.82, 2.24) is 0 Å². The highest BCUT2D eigenvalue weighted by Crippen LogP contribution is 2.49. The zero-order valence-corrected chi connectivity index (χ0v) is 11.4. The molecule has 0 saturated carbocycles. The van der Waals surface area contributed by atoms with Crippen molar-refractivity contribution in [2.24, 2.45) is 0 Å². The molecule has 0 aliphatic heterocycles. The summed E-state index contributed by atoms with van der Waals surface area (Å²) >= 11 is 0. The summed E-state index contributed by atoms with van der Waals surface area (Å²) in [5.74, 6) is -30.4. The van der Waals surface area contributed by atoms with Gasteiger partial charge >= 0.3 is 36.3 Å². The predicted molar refractivity (Wildman–Crippen MR) is 52.4 cm³/mol. The quantitative estimate of drug-likeness (QED) is 0.433. The van der Waals surface area contributed by atoms with Gasteiger partial charge < -0.3 is 0 Å². The van der Waals surface area contributed by atoms with Crippen LogP contribution in [0.15, 0.2) is 24.6 Å². The first-order valence-corrected chi connectivity index (χ1v) is 5.29. The summed E-state index contributed by atoms with van der Waals surface area (Å²) in [4.78, 5) is 0. The average Bonchev–Trinajstić information content (AvgIpc) is 2.44. The fraction of sp³-hybridized carbons (Fsp3) is 0.600. The van der Waals surface area contributed by atoms with Crippen molar-refractivity contribution >= 4 is 0 Å². The van der Waals surface area contributed by atoms with Crippen LogP contribution >= 0.6 is 0 Å². The summed E-state index contributed by atoms with van der Waals surface area (Å²) in [6, 6.07) is 0. The van der Waals surface area contributed by atoms with Crippen molar-refractivity contribution in [3.8, 4) is 0 Å². The Kier molecular flexibility index (Phi) is 8.12. The molecule has 0 N–H and O–H groups in total. The molecule has 26 heavy (non-hydrogen) atoms. The van der Waals surface area contributed by atoms with Crippen molar-refractivity contribution in [3.05, 3.63) is 24.6 Å². The van der Waals surface area contributed by atoms with Crippen LogP contribution in [0.1, 0.15) is 0 Å². The molecule has 0 fully saturated rings. The molecular formula is C10H4F16. The second-order valence-electron chi connectivity index (χ2n) is 4.01. The van der Waals surface area contributed by atoms with E-state index >= 15 is 0 Å². The number of halogens is 16. The fourth-order valence-electron chi connectivity index (χ4n) is 0.713. The minimum Gasteiger partial charge on any atom is -0.212 e. The van der Waals surface area contributed by atoms with Gasteiger partial charge in [-0.15, -0.1) is 0 Å². The molecule has 0 unspecified atom stereocenters. The van der Waals surface area contributed by atoms with E-state index in [1.807, 2.05) is 0 Å². The molecule has 0 nitrogen and oxygen atoms in total. The van der Waals surface area contributed by atoms with Crippen molar-refractivity contribution in [1.29, 1.82) is 0 Å². The summed E-state index contributed by atoms with van der Waals surface area (Å²) in [5.41, 5.74) is 0. The monoisotopic (exact) mass is 428 g/mol. The van der Waals surface area contributed by atoms with Crippen LogP contribution in [0.25, 0.3) is 0 Å². The Morgan fingerprint density at radius 1 is 0.731 bits per heavy atom. The second kappa shape index (κ2) is 7.94. The molecule has 0 bridgehead atoms. The fourth-order valence-corrected chi connectivity index (χ4v) is 0.713. The van der Waals surface area contributed by atoms with E-state index in [0.717, 1.165) is 0 Å². The maximum atomic E-state index is 11.9. The number of allylic oxidation sites excluding steroid dienone is 2. The normalized spacial score (nSPS) is 14.9. The van der Waals surface area contributed by atoms with Gasteiger partial charge in [0.15, 0.2) is 5.83 Å². The molecule has 0 aromatic heterocycles. The third-order valence-electron chi connectivity index (χ3n) is 2.18. The molecule has 0 spiro atoms. The minimum atomic E-state index is -6.52. The molecule has 0 rings (SSSR count). The SMILES string of the molecule is C=C(F)C(F)(F)C(F)(F)C(F)(F)F.FC=C(F)C(F)(F)C(F)(F)C(F)F. The van der Waals surface area contributed by atoms with Gasteiger partial charge in [0.1, 0.15) is 6.33 Å². The van der Waals surface area contributed by atoms with Crippen molar-refractivity contribution in [3.63, 3.8) is 0 Å². The van der Waals surface area contributed by atoms with Crippen LogP contribution in [-0.4, -0.2) is 36.3 Å². The van der Waals surface area contributed by atoms with Gasteiger partial charge in [-0.25, -0.2) is 22.0 Å². The van der Waals surface area contributed by atoms with Gasteiger partial charge in [-0.2, -0.15) is 48.3 Å². The second-order valence-corrected chi connectivity index (χ2v) is 4.01. The lowest BCUT2D eigenvalue weighted by Crippen LogP contribution is -2.52. The largest absolute Gasteiger partial charge is 0.460 e. The van der Waals surface area contributed by atoms with Crippen LogP contribution in [0.2, 0.25) is 0 Å². The van der Waals surface area contributed by atoms with E-state index in [4.69, 9.17) is 0 Å². The third kappa shape index (κ3) is 4.96. The van der Waals surface area contributed by atoms with Crippen LogP contribution in [0.4, 0.5) is 70.2 Å². The molecule has 0 atom stereocenters. The lowest BCUT2D eigenvalue weighted by Gasteiger charge is -2.26. The Labute approximate surface area is 132 Å². The topological polar surface area (TPSA) is 0 Å². The summed E-state index contributed by atoms with van der Waals surface area (Å²) in [7, 11) is 0. The maximum absolute atomic E-state index is 11.9. The van der Waals surface area contributed by atoms with Crippen molar-refractivity contribution in [2.75, 3.05) is 0 Å². The molecule has 156 valence electrons. The van der Waals surface area contributed by atoms with Crippen LogP contribution in [0, 0.1) is 0 Å². The van der Waals surface area contributed by atoms with Crippen LogP contribution in [0.3, 0.4) is 0 Å². The van der Waals surface area contributed by atoms with Gasteiger partial charge in [-0.1, -0.05) is 6.58 Å². The maximum Gasteiger partial charge on any atom is 0.460 e. The van der Waals surface area contributed by atoms with E-state index in [1.54, 1.807) is 6.58 Å². The van der Waals surface area contributed by atoms with Crippen LogP contribution in [0.5, 0.6) is 0 Å². The summed E-state index contributed by atoms with van der Waals surface area (Å²) in [5, 5.41) is 0. The molecule has 0 saturated heterocycles. The van der Waals surface area contributed by atoms with Gasteiger partial charge in [-0.05, 0) is 0 Å². The van der Waals surface area contributed by atoms with Crippen LogP contribution < -0.4 is 0 Å². The summed E-state index contributed by atoms with van der Waals surface area (Å²) < 4.78 is 185. The predicted octanol–water partition coefficient (Wildman–Crippen LogP) is 6.61. The lowest BCUT2D eigenvalue weighted by atomic mass is 10.1. The smallest absolute Gasteiger partial charge is 0.212 e. The first-order chi connectivity index (χ1) is 11.1. The van der Waals surface area contributed by atoms with E-state index in [-0.39, 0.29) is 0 Å². The highest BCUT2D eigenvalue weighted by Gasteiger charge is 2.74. The zero-order valence-electron chi connectivity index (χ0n) is 11.4. The Bertz CT molecular complexity index is 510. The van der Waals surface area contributed by atoms with Gasteiger partial charge in [0.05, 0.1) is 0 Å². The third-order valence-corrected chi connectivity index (χ3v) is 2.18. The van der Waals surface area contributed by atoms with Gasteiger partial charge in [0, 0.05) is 0 Å². The lowest BCUT2D eigenvalue weighted by molar-refractivity contribution is -0.347. The van der Waals surface area contributed by atoms with E-state index in [9.17, 15) is 70.2 Å². The molecule has 0 heterocycles. The van der Waals surface area contributed by atoms with Crippen LogP contribution in [-0.2, 0) is 0 Å². The molecule has 16 heteroatoms. The van der Waals surface area contributed by atoms with E-state index in [0.29, 0.717) is 0 Å². The van der Waals surface area contributed by atoms with Crippen molar-refractivity contribution < 1.29 is 70.2 Å². The highest BCUT2D eigenvalue weighted by atomic mass is 19.4. The van der Waals surface area contributed by atoms with Gasteiger partial charge in [-0.3, -0.25) is 0 Å². The Hall–Kier alpha value is -1.64. The first-order valence-electron chi connectivity index (χ1n) is 5.29. The highest BCUT2D eigenvalue weighted by molar-refractivity contribution is 5.09. The molecule has 0 amide bonds. The molecule has 0 aromatic carbocycles. The molecule has 0 aromatic rings.